The Morgan fingerprint density at radius 2 is 2.05 bits per heavy atom. The van der Waals surface area contributed by atoms with E-state index < -0.39 is 10.0 Å². The van der Waals surface area contributed by atoms with E-state index in [-0.39, 0.29) is 4.90 Å². The second-order valence-corrected chi connectivity index (χ2v) is 6.66. The van der Waals surface area contributed by atoms with Crippen LogP contribution in [0.5, 0.6) is 0 Å². The molecule has 0 spiro atoms. The van der Waals surface area contributed by atoms with Crippen LogP contribution in [0.2, 0.25) is 0 Å². The lowest BCUT2D eigenvalue weighted by Gasteiger charge is -2.17. The largest absolute Gasteiger partial charge is 0.384 e. The first-order chi connectivity index (χ1) is 9.95. The van der Waals surface area contributed by atoms with Crippen molar-refractivity contribution in [3.05, 3.63) is 30.3 Å². The van der Waals surface area contributed by atoms with Crippen molar-refractivity contribution in [1.29, 1.82) is 0 Å². The van der Waals surface area contributed by atoms with Gasteiger partial charge in [0.2, 0.25) is 10.0 Å². The van der Waals surface area contributed by atoms with Crippen LogP contribution >= 0.6 is 0 Å². The SMILES string of the molecule is CCOCCN(C)S(=O)(=O)c1ccc2nc(N)ccc2c1. The smallest absolute Gasteiger partial charge is 0.242 e. The molecule has 0 aliphatic rings. The summed E-state index contributed by atoms with van der Waals surface area (Å²) in [6, 6.07) is 8.22. The number of likely N-dealkylation sites (N-methyl/N-ethyl adjacent to an activating group) is 1. The Morgan fingerprint density at radius 1 is 1.29 bits per heavy atom. The number of pyridine rings is 1. The van der Waals surface area contributed by atoms with Gasteiger partial charge in [-0.1, -0.05) is 0 Å². The molecule has 2 aromatic rings. The lowest BCUT2D eigenvalue weighted by Crippen LogP contribution is -2.30. The minimum atomic E-state index is -3.53. The standard InChI is InChI=1S/C14H19N3O3S/c1-3-20-9-8-17(2)21(18,19)12-5-6-13-11(10-12)4-7-14(15)16-13/h4-7,10H,3,8-9H2,1-2H3,(H2,15,16). The lowest BCUT2D eigenvalue weighted by molar-refractivity contribution is 0.138. The molecule has 1 aromatic heterocycles. The van der Waals surface area contributed by atoms with Crippen LogP contribution in [0.25, 0.3) is 10.9 Å². The van der Waals surface area contributed by atoms with Crippen molar-refractivity contribution in [2.45, 2.75) is 11.8 Å². The molecule has 0 amide bonds. The van der Waals surface area contributed by atoms with E-state index in [0.29, 0.717) is 31.1 Å². The molecule has 2 N–H and O–H groups in total. The summed E-state index contributed by atoms with van der Waals surface area (Å²) in [6.07, 6.45) is 0. The molecule has 114 valence electrons. The molecule has 6 nitrogen and oxygen atoms in total. The Morgan fingerprint density at radius 3 is 2.76 bits per heavy atom. The van der Waals surface area contributed by atoms with Gasteiger partial charge in [-0.25, -0.2) is 13.4 Å². The highest BCUT2D eigenvalue weighted by Crippen LogP contribution is 2.21. The van der Waals surface area contributed by atoms with Gasteiger partial charge in [0, 0.05) is 25.6 Å². The summed E-state index contributed by atoms with van der Waals surface area (Å²) in [4.78, 5) is 4.39. The molecule has 0 saturated heterocycles. The first-order valence-electron chi connectivity index (χ1n) is 6.65. The van der Waals surface area contributed by atoms with Crippen molar-refractivity contribution in [3.8, 4) is 0 Å². The molecule has 1 heterocycles. The Hall–Kier alpha value is -1.70. The van der Waals surface area contributed by atoms with Crippen LogP contribution in [0.1, 0.15) is 6.92 Å². The van der Waals surface area contributed by atoms with Crippen LogP contribution < -0.4 is 5.73 Å². The number of fused-ring (bicyclic) bond motifs is 1. The minimum Gasteiger partial charge on any atom is -0.384 e. The predicted octanol–water partition coefficient (Wildman–Crippen LogP) is 1.47. The monoisotopic (exact) mass is 309 g/mol. The van der Waals surface area contributed by atoms with E-state index in [1.54, 1.807) is 37.4 Å². The average molecular weight is 309 g/mol. The molecule has 0 bridgehead atoms. The third-order valence-electron chi connectivity index (χ3n) is 3.15. The van der Waals surface area contributed by atoms with Crippen LogP contribution in [0.4, 0.5) is 5.82 Å². The number of benzene rings is 1. The van der Waals surface area contributed by atoms with Gasteiger partial charge < -0.3 is 10.5 Å². The van der Waals surface area contributed by atoms with Crippen molar-refractivity contribution in [2.75, 3.05) is 32.5 Å². The number of nitrogens with zero attached hydrogens (tertiary/aromatic N) is 2. The lowest BCUT2D eigenvalue weighted by atomic mass is 10.2. The molecule has 0 fully saturated rings. The zero-order valence-corrected chi connectivity index (χ0v) is 12.9. The van der Waals surface area contributed by atoms with E-state index in [2.05, 4.69) is 4.98 Å². The van der Waals surface area contributed by atoms with Crippen molar-refractivity contribution >= 4 is 26.7 Å². The van der Waals surface area contributed by atoms with Gasteiger partial charge >= 0.3 is 0 Å². The predicted molar refractivity (Wildman–Crippen MR) is 82.5 cm³/mol. The highest BCUT2D eigenvalue weighted by molar-refractivity contribution is 7.89. The van der Waals surface area contributed by atoms with Gasteiger partial charge in [0.1, 0.15) is 5.82 Å². The Kier molecular flexibility index (Phi) is 4.76. The number of anilines is 1. The van der Waals surface area contributed by atoms with Gasteiger partial charge in [-0.2, -0.15) is 4.31 Å². The number of ether oxygens (including phenoxy) is 1. The Balaban J connectivity index is 2.29. The number of aromatic nitrogens is 1. The summed E-state index contributed by atoms with van der Waals surface area (Å²) >= 11 is 0. The molecule has 0 radical (unpaired) electrons. The van der Waals surface area contributed by atoms with E-state index in [1.807, 2.05) is 6.92 Å². The molecule has 0 aliphatic carbocycles. The molecule has 7 heteroatoms. The molecular weight excluding hydrogens is 290 g/mol. The number of rotatable bonds is 6. The van der Waals surface area contributed by atoms with Crippen molar-refractivity contribution in [1.82, 2.24) is 9.29 Å². The van der Waals surface area contributed by atoms with Crippen LogP contribution in [0, 0.1) is 0 Å². The number of sulfonamides is 1. The van der Waals surface area contributed by atoms with E-state index in [4.69, 9.17) is 10.5 Å². The summed E-state index contributed by atoms with van der Waals surface area (Å²) in [6.45, 7) is 3.12. The Labute approximate surface area is 124 Å². The first kappa shape index (κ1) is 15.7. The number of hydrogen-bond acceptors (Lipinski definition) is 5. The molecule has 0 unspecified atom stereocenters. The normalized spacial score (nSPS) is 12.1. The third kappa shape index (κ3) is 3.49. The van der Waals surface area contributed by atoms with Gasteiger partial charge in [-0.05, 0) is 37.3 Å². The second kappa shape index (κ2) is 6.38. The maximum atomic E-state index is 12.5. The first-order valence-corrected chi connectivity index (χ1v) is 8.09. The summed E-state index contributed by atoms with van der Waals surface area (Å²) in [5, 5.41) is 0.739. The summed E-state index contributed by atoms with van der Waals surface area (Å²) in [5.74, 6) is 0.409. The number of hydrogen-bond donors (Lipinski definition) is 1. The van der Waals surface area contributed by atoms with Gasteiger partial charge in [-0.3, -0.25) is 0 Å². The number of nitrogens with two attached hydrogens (primary N) is 1. The maximum Gasteiger partial charge on any atom is 0.242 e. The fraction of sp³-hybridized carbons (Fsp3) is 0.357. The fourth-order valence-electron chi connectivity index (χ4n) is 1.92. The van der Waals surface area contributed by atoms with Crippen LogP contribution in [-0.2, 0) is 14.8 Å². The van der Waals surface area contributed by atoms with Crippen LogP contribution in [-0.4, -0.2) is 44.5 Å². The molecule has 0 saturated carbocycles. The van der Waals surface area contributed by atoms with E-state index in [1.165, 1.54) is 4.31 Å². The van der Waals surface area contributed by atoms with E-state index in [9.17, 15) is 8.42 Å². The third-order valence-corrected chi connectivity index (χ3v) is 5.00. The zero-order chi connectivity index (χ0) is 15.5. The number of nitrogen functional groups attached to an aromatic ring is 1. The van der Waals surface area contributed by atoms with Crippen LogP contribution in [0.3, 0.4) is 0 Å². The van der Waals surface area contributed by atoms with Crippen molar-refractivity contribution in [2.24, 2.45) is 0 Å². The van der Waals surface area contributed by atoms with Crippen molar-refractivity contribution < 1.29 is 13.2 Å². The maximum absolute atomic E-state index is 12.5. The van der Waals surface area contributed by atoms with E-state index in [0.717, 1.165) is 5.39 Å². The van der Waals surface area contributed by atoms with Crippen molar-refractivity contribution in [3.63, 3.8) is 0 Å². The Bertz CT molecular complexity index is 731. The average Bonchev–Trinajstić information content (AvgIpc) is 2.46. The van der Waals surface area contributed by atoms with Gasteiger partial charge in [0.15, 0.2) is 0 Å². The van der Waals surface area contributed by atoms with Gasteiger partial charge in [0.05, 0.1) is 17.0 Å². The molecule has 2 rings (SSSR count). The molecule has 0 atom stereocenters. The summed E-state index contributed by atoms with van der Waals surface area (Å²) < 4.78 is 31.4. The second-order valence-electron chi connectivity index (χ2n) is 4.61. The van der Waals surface area contributed by atoms with E-state index >= 15 is 0 Å². The minimum absolute atomic E-state index is 0.237. The molecule has 0 aliphatic heterocycles. The fourth-order valence-corrected chi connectivity index (χ4v) is 3.11. The molecule has 1 aromatic carbocycles. The van der Waals surface area contributed by atoms with Crippen LogP contribution in [0.15, 0.2) is 35.2 Å². The van der Waals surface area contributed by atoms with Gasteiger partial charge in [-0.15, -0.1) is 0 Å². The quantitative estimate of drug-likeness (QED) is 0.817. The highest BCUT2D eigenvalue weighted by atomic mass is 32.2. The van der Waals surface area contributed by atoms with Gasteiger partial charge in [0.25, 0.3) is 0 Å². The molecular formula is C14H19N3O3S. The highest BCUT2D eigenvalue weighted by Gasteiger charge is 2.20. The summed E-state index contributed by atoms with van der Waals surface area (Å²) in [7, 11) is -1.99. The summed E-state index contributed by atoms with van der Waals surface area (Å²) in [5.41, 5.74) is 6.28. The topological polar surface area (TPSA) is 85.5 Å². The zero-order valence-electron chi connectivity index (χ0n) is 12.1. The molecule has 21 heavy (non-hydrogen) atoms.